The van der Waals surface area contributed by atoms with Gasteiger partial charge in [-0.05, 0) is 77.3 Å². The van der Waals surface area contributed by atoms with Gasteiger partial charge in [-0.2, -0.15) is 4.99 Å². The third-order valence-electron chi connectivity index (χ3n) is 7.37. The number of nitrogens with zero attached hydrogens (tertiary/aromatic N) is 4. The number of hydrogen-bond acceptors (Lipinski definition) is 9. The normalized spacial score (nSPS) is 15.0. The van der Waals surface area contributed by atoms with Crippen LogP contribution >= 0.6 is 0 Å². The van der Waals surface area contributed by atoms with Gasteiger partial charge in [0.05, 0.1) is 44.5 Å². The number of aryl methyl sites for hydroxylation is 1. The van der Waals surface area contributed by atoms with Crippen molar-refractivity contribution in [1.29, 1.82) is 0 Å². The lowest BCUT2D eigenvalue weighted by Gasteiger charge is -2.18. The molecule has 0 unspecified atom stereocenters. The molecule has 4 aromatic rings. The van der Waals surface area contributed by atoms with Gasteiger partial charge >= 0.3 is 5.97 Å². The van der Waals surface area contributed by atoms with Gasteiger partial charge in [0.25, 0.3) is 11.5 Å². The fraction of sp³-hybridized carbons (Fsp3) is 0.424. The third-order valence-corrected chi connectivity index (χ3v) is 7.37. The molecule has 4 heterocycles. The van der Waals surface area contributed by atoms with Gasteiger partial charge in [0.15, 0.2) is 17.0 Å². The molecule has 0 saturated carbocycles. The van der Waals surface area contributed by atoms with Gasteiger partial charge in [-0.25, -0.2) is 9.78 Å². The molecule has 1 fully saturated rings. The van der Waals surface area contributed by atoms with E-state index in [2.05, 4.69) is 4.99 Å². The Kier molecular flexibility index (Phi) is 9.82. The van der Waals surface area contributed by atoms with Crippen LogP contribution in [-0.4, -0.2) is 65.0 Å². The molecule has 1 saturated heterocycles. The maximum atomic E-state index is 14.0. The van der Waals surface area contributed by atoms with Crippen LogP contribution in [0.5, 0.6) is 17.2 Å². The highest BCUT2D eigenvalue weighted by Gasteiger charge is 2.25. The minimum atomic E-state index is -0.725. The molecule has 1 atom stereocenters. The van der Waals surface area contributed by atoms with E-state index in [0.29, 0.717) is 49.3 Å². The van der Waals surface area contributed by atoms with Crippen molar-refractivity contribution in [2.45, 2.75) is 60.1 Å². The molecule has 12 heteroatoms. The highest BCUT2D eigenvalue weighted by atomic mass is 16.5. The number of fused-ring (bicyclic) bond motifs is 2. The number of carbonyl (C=O) groups excluding carboxylic acids is 2. The average Bonchev–Trinajstić information content (AvgIpc) is 3.54. The largest absolute Gasteiger partial charge is 0.490 e. The van der Waals surface area contributed by atoms with Crippen LogP contribution in [0.25, 0.3) is 16.7 Å². The molecule has 0 spiro atoms. The summed E-state index contributed by atoms with van der Waals surface area (Å²) in [5.41, 5.74) is 1.28. The van der Waals surface area contributed by atoms with E-state index in [1.54, 1.807) is 35.9 Å². The van der Waals surface area contributed by atoms with Gasteiger partial charge in [0, 0.05) is 18.4 Å². The van der Waals surface area contributed by atoms with Crippen molar-refractivity contribution in [1.82, 2.24) is 14.0 Å². The lowest BCUT2D eigenvalue weighted by Crippen LogP contribution is -2.35. The quantitative estimate of drug-likeness (QED) is 0.179. The van der Waals surface area contributed by atoms with E-state index in [9.17, 15) is 14.4 Å². The Morgan fingerprint density at radius 1 is 1.00 bits per heavy atom. The second-order valence-corrected chi connectivity index (χ2v) is 10.4. The predicted molar refractivity (Wildman–Crippen MR) is 166 cm³/mol. The Morgan fingerprint density at radius 2 is 1.71 bits per heavy atom. The maximum absolute atomic E-state index is 14.0. The molecular formula is C33H38N4O8. The zero-order valence-corrected chi connectivity index (χ0v) is 26.3. The van der Waals surface area contributed by atoms with Crippen molar-refractivity contribution >= 4 is 28.6 Å². The van der Waals surface area contributed by atoms with Crippen LogP contribution in [-0.2, 0) is 16.0 Å². The van der Waals surface area contributed by atoms with Crippen LogP contribution < -0.4 is 25.3 Å². The van der Waals surface area contributed by atoms with Crippen molar-refractivity contribution in [3.63, 3.8) is 0 Å². The zero-order chi connectivity index (χ0) is 32.1. The van der Waals surface area contributed by atoms with Gasteiger partial charge < -0.3 is 28.3 Å². The summed E-state index contributed by atoms with van der Waals surface area (Å²) in [5.74, 6) is -0.346. The average molecular weight is 619 g/mol. The van der Waals surface area contributed by atoms with E-state index in [-0.39, 0.29) is 52.5 Å². The highest BCUT2D eigenvalue weighted by molar-refractivity contribution is 5.98. The molecule has 0 N–H and O–H groups in total. The number of benzene rings is 1. The molecule has 45 heavy (non-hydrogen) atoms. The third kappa shape index (κ3) is 6.41. The minimum Gasteiger partial charge on any atom is -0.490 e. The van der Waals surface area contributed by atoms with Crippen molar-refractivity contribution in [3.05, 3.63) is 69.1 Å². The molecule has 1 aliphatic rings. The Labute approximate surface area is 260 Å². The molecule has 1 aromatic carbocycles. The smallest absolute Gasteiger partial charge is 0.341 e. The van der Waals surface area contributed by atoms with Crippen LogP contribution in [0.4, 0.5) is 0 Å². The Morgan fingerprint density at radius 3 is 2.33 bits per heavy atom. The van der Waals surface area contributed by atoms with Gasteiger partial charge in [0.1, 0.15) is 16.9 Å². The number of amides is 1. The summed E-state index contributed by atoms with van der Waals surface area (Å²) in [7, 11) is 0. The summed E-state index contributed by atoms with van der Waals surface area (Å²) in [4.78, 5) is 50.6. The Hall–Kier alpha value is -4.71. The fourth-order valence-corrected chi connectivity index (χ4v) is 5.40. The van der Waals surface area contributed by atoms with E-state index >= 15 is 0 Å². The monoisotopic (exact) mass is 618 g/mol. The molecular weight excluding hydrogens is 580 g/mol. The first-order chi connectivity index (χ1) is 21.8. The SMILES string of the molecule is CCOC(=O)c1cc2c(=O)n3cccc(C)c3nc2n(C[C@H]2CCCO2)c1=NC(=O)c1cc(OCC)c(OCC)c(OCC)c1. The number of rotatable bonds is 11. The number of ether oxygens (including phenoxy) is 5. The summed E-state index contributed by atoms with van der Waals surface area (Å²) >= 11 is 0. The topological polar surface area (TPSA) is 132 Å². The van der Waals surface area contributed by atoms with Crippen LogP contribution in [0.3, 0.4) is 0 Å². The summed E-state index contributed by atoms with van der Waals surface area (Å²) in [6.07, 6.45) is 3.00. The van der Waals surface area contributed by atoms with E-state index in [4.69, 9.17) is 28.7 Å². The molecule has 1 aliphatic heterocycles. The maximum Gasteiger partial charge on any atom is 0.341 e. The summed E-state index contributed by atoms with van der Waals surface area (Å²) in [6.45, 7) is 10.9. The molecule has 5 rings (SSSR count). The molecule has 3 aromatic heterocycles. The second-order valence-electron chi connectivity index (χ2n) is 10.4. The molecule has 238 valence electrons. The van der Waals surface area contributed by atoms with Gasteiger partial charge in [-0.3, -0.25) is 14.0 Å². The molecule has 1 amide bonds. The Bertz CT molecular complexity index is 1840. The minimum absolute atomic E-state index is 0.0103. The van der Waals surface area contributed by atoms with Crippen LogP contribution in [0.2, 0.25) is 0 Å². The lowest BCUT2D eigenvalue weighted by molar-refractivity contribution is 0.0521. The predicted octanol–water partition coefficient (Wildman–Crippen LogP) is 4.25. The lowest BCUT2D eigenvalue weighted by atomic mass is 10.1. The van der Waals surface area contributed by atoms with E-state index in [1.165, 1.54) is 10.5 Å². The van der Waals surface area contributed by atoms with Gasteiger partial charge in [0.2, 0.25) is 5.75 Å². The van der Waals surface area contributed by atoms with Crippen LogP contribution in [0.15, 0.2) is 46.3 Å². The zero-order valence-electron chi connectivity index (χ0n) is 26.3. The first kappa shape index (κ1) is 31.7. The van der Waals surface area contributed by atoms with Crippen molar-refractivity contribution < 1.29 is 33.3 Å². The second kappa shape index (κ2) is 13.9. The van der Waals surface area contributed by atoms with Crippen molar-refractivity contribution in [2.24, 2.45) is 4.99 Å². The first-order valence-corrected chi connectivity index (χ1v) is 15.3. The molecule has 0 bridgehead atoms. The van der Waals surface area contributed by atoms with Crippen LogP contribution in [0.1, 0.15) is 66.8 Å². The Balaban J connectivity index is 1.83. The number of carbonyl (C=O) groups is 2. The standard InChI is InChI=1S/C33H38N4O8/c1-6-41-25-16-21(17-26(42-7-2)27(25)43-8-3)31(38)35-30-24(33(40)44-9-4)18-23-29(37(30)19-22-13-11-15-45-22)34-28-20(5)12-10-14-36(28)32(23)39/h10,12,14,16-18,22H,6-9,11,13,15,19H2,1-5H3/t22-/m1/s1. The molecule has 0 radical (unpaired) electrons. The van der Waals surface area contributed by atoms with E-state index in [1.807, 2.05) is 33.8 Å². The van der Waals surface area contributed by atoms with Gasteiger partial charge in [-0.15, -0.1) is 0 Å². The highest BCUT2D eigenvalue weighted by Crippen LogP contribution is 2.39. The number of esters is 1. The van der Waals surface area contributed by atoms with Crippen molar-refractivity contribution in [3.8, 4) is 17.2 Å². The van der Waals surface area contributed by atoms with E-state index in [0.717, 1.165) is 18.4 Å². The summed E-state index contributed by atoms with van der Waals surface area (Å²) < 4.78 is 31.8. The van der Waals surface area contributed by atoms with Gasteiger partial charge in [-0.1, -0.05) is 6.07 Å². The number of pyridine rings is 2. The first-order valence-electron chi connectivity index (χ1n) is 15.3. The van der Waals surface area contributed by atoms with Crippen molar-refractivity contribution in [2.75, 3.05) is 33.0 Å². The van der Waals surface area contributed by atoms with Crippen LogP contribution in [0, 0.1) is 6.92 Å². The molecule has 0 aliphatic carbocycles. The number of aromatic nitrogens is 3. The van der Waals surface area contributed by atoms with E-state index < -0.39 is 11.9 Å². The number of hydrogen-bond donors (Lipinski definition) is 0. The summed E-state index contributed by atoms with van der Waals surface area (Å²) in [5, 5.41) is 0.184. The molecule has 12 nitrogen and oxygen atoms in total. The fourth-order valence-electron chi connectivity index (χ4n) is 5.40. The summed E-state index contributed by atoms with van der Waals surface area (Å²) in [6, 6.07) is 8.11.